The summed E-state index contributed by atoms with van der Waals surface area (Å²) in [4.78, 5) is 12.8. The van der Waals surface area contributed by atoms with Crippen LogP contribution in [0.25, 0.3) is 21.9 Å². The molecule has 2 aromatic heterocycles. The minimum absolute atomic E-state index is 0.121. The maximum atomic E-state index is 12.8. The molecular weight excluding hydrogens is 340 g/mol. The molecule has 0 saturated heterocycles. The first kappa shape index (κ1) is 17.2. The summed E-state index contributed by atoms with van der Waals surface area (Å²) in [5, 5.41) is 4.94. The number of carbonyl (C=O) groups excluding carboxylic acids is 1. The predicted octanol–water partition coefficient (Wildman–Crippen LogP) is 4.81. The highest BCUT2D eigenvalue weighted by Gasteiger charge is 2.19. The third-order valence-corrected chi connectivity index (χ3v) is 4.74. The van der Waals surface area contributed by atoms with E-state index < -0.39 is 0 Å². The lowest BCUT2D eigenvalue weighted by Crippen LogP contribution is -2.26. The molecule has 0 aliphatic heterocycles. The number of hydrogen-bond acceptors (Lipinski definition) is 3. The molecule has 2 heterocycles. The summed E-state index contributed by atoms with van der Waals surface area (Å²) >= 11 is 0. The van der Waals surface area contributed by atoms with E-state index in [1.165, 1.54) is 0 Å². The van der Waals surface area contributed by atoms with Crippen LogP contribution >= 0.6 is 0 Å². The number of amides is 1. The van der Waals surface area contributed by atoms with Gasteiger partial charge in [0.1, 0.15) is 5.76 Å². The van der Waals surface area contributed by atoms with Gasteiger partial charge in [0.15, 0.2) is 11.3 Å². The molecule has 0 fully saturated rings. The van der Waals surface area contributed by atoms with Gasteiger partial charge in [-0.15, -0.1) is 0 Å². The maximum absolute atomic E-state index is 12.8. The molecule has 0 aliphatic carbocycles. The monoisotopic (exact) mass is 362 g/mol. The molecule has 2 aromatic carbocycles. The van der Waals surface area contributed by atoms with Gasteiger partial charge in [-0.25, -0.2) is 0 Å². The number of furan rings is 1. The molecule has 0 saturated carbocycles. The zero-order valence-corrected chi connectivity index (χ0v) is 15.7. The summed E-state index contributed by atoms with van der Waals surface area (Å²) in [5.41, 5.74) is 2.40. The second-order valence-electron chi connectivity index (χ2n) is 6.62. The molecule has 138 valence electrons. The lowest BCUT2D eigenvalue weighted by atomic mass is 10.1. The fraction of sp³-hybridized carbons (Fsp3) is 0.227. The van der Waals surface area contributed by atoms with Crippen molar-refractivity contribution in [3.05, 3.63) is 66.1 Å². The number of ether oxygens (including phenoxy) is 1. The highest BCUT2D eigenvalue weighted by Crippen LogP contribution is 2.31. The quantitative estimate of drug-likeness (QED) is 0.554. The molecule has 1 unspecified atom stereocenters. The Balaban J connectivity index is 1.61. The summed E-state index contributed by atoms with van der Waals surface area (Å²) in [6, 6.07) is 15.4. The number of para-hydroxylation sites is 2. The van der Waals surface area contributed by atoms with E-state index in [0.29, 0.717) is 29.3 Å². The van der Waals surface area contributed by atoms with Crippen molar-refractivity contribution in [2.75, 3.05) is 6.61 Å². The molecule has 0 radical (unpaired) electrons. The van der Waals surface area contributed by atoms with Crippen molar-refractivity contribution in [3.8, 4) is 5.75 Å². The fourth-order valence-electron chi connectivity index (χ4n) is 3.41. The summed E-state index contributed by atoms with van der Waals surface area (Å²) in [6.45, 7) is 4.43. The van der Waals surface area contributed by atoms with Gasteiger partial charge in [-0.1, -0.05) is 30.3 Å². The molecule has 0 spiro atoms. The van der Waals surface area contributed by atoms with Crippen LogP contribution in [-0.2, 0) is 7.05 Å². The Morgan fingerprint density at radius 3 is 2.85 bits per heavy atom. The van der Waals surface area contributed by atoms with E-state index in [1.807, 2.05) is 80.2 Å². The number of benzene rings is 2. The van der Waals surface area contributed by atoms with Gasteiger partial charge in [0.25, 0.3) is 5.91 Å². The average Bonchev–Trinajstić information content (AvgIpc) is 3.25. The van der Waals surface area contributed by atoms with Crippen LogP contribution < -0.4 is 10.1 Å². The first-order chi connectivity index (χ1) is 13.1. The SMILES string of the molecule is CCOc1cccc2cc(C(C)NC(=O)c3cn(C)c4ccccc34)oc12. The average molecular weight is 362 g/mol. The number of rotatable bonds is 5. The number of fused-ring (bicyclic) bond motifs is 2. The molecule has 4 aromatic rings. The fourth-order valence-corrected chi connectivity index (χ4v) is 3.41. The Morgan fingerprint density at radius 2 is 2.04 bits per heavy atom. The minimum Gasteiger partial charge on any atom is -0.490 e. The first-order valence-corrected chi connectivity index (χ1v) is 9.08. The second-order valence-corrected chi connectivity index (χ2v) is 6.62. The van der Waals surface area contributed by atoms with Crippen molar-refractivity contribution in [2.45, 2.75) is 19.9 Å². The Bertz CT molecular complexity index is 1120. The Hall–Kier alpha value is -3.21. The van der Waals surface area contributed by atoms with Gasteiger partial charge in [0.2, 0.25) is 0 Å². The second kappa shape index (κ2) is 6.83. The van der Waals surface area contributed by atoms with Gasteiger partial charge in [-0.2, -0.15) is 0 Å². The summed E-state index contributed by atoms with van der Waals surface area (Å²) < 4.78 is 13.6. The zero-order valence-electron chi connectivity index (χ0n) is 15.7. The highest BCUT2D eigenvalue weighted by molar-refractivity contribution is 6.07. The molecule has 1 atom stereocenters. The molecular formula is C22H22N2O3. The molecule has 4 rings (SSSR count). The van der Waals surface area contributed by atoms with Crippen LogP contribution in [0.5, 0.6) is 5.75 Å². The summed E-state index contributed by atoms with van der Waals surface area (Å²) in [7, 11) is 1.94. The Kier molecular flexibility index (Phi) is 4.36. The molecule has 1 amide bonds. The lowest BCUT2D eigenvalue weighted by molar-refractivity contribution is 0.0937. The zero-order chi connectivity index (χ0) is 19.0. The van der Waals surface area contributed by atoms with E-state index in [4.69, 9.17) is 9.15 Å². The van der Waals surface area contributed by atoms with Gasteiger partial charge in [0, 0.05) is 29.5 Å². The largest absolute Gasteiger partial charge is 0.490 e. The van der Waals surface area contributed by atoms with Crippen molar-refractivity contribution in [2.24, 2.45) is 7.05 Å². The number of nitrogens with one attached hydrogen (secondary N) is 1. The van der Waals surface area contributed by atoms with Crippen molar-refractivity contribution < 1.29 is 13.9 Å². The third kappa shape index (κ3) is 3.05. The number of aromatic nitrogens is 1. The molecule has 5 nitrogen and oxygen atoms in total. The number of aryl methyl sites for hydroxylation is 1. The van der Waals surface area contributed by atoms with Crippen LogP contribution in [0.4, 0.5) is 0 Å². The van der Waals surface area contributed by atoms with Crippen LogP contribution in [0.1, 0.15) is 36.0 Å². The van der Waals surface area contributed by atoms with E-state index in [2.05, 4.69) is 5.32 Å². The van der Waals surface area contributed by atoms with E-state index in [0.717, 1.165) is 16.3 Å². The minimum atomic E-state index is -0.265. The van der Waals surface area contributed by atoms with E-state index in [9.17, 15) is 4.79 Å². The summed E-state index contributed by atoms with van der Waals surface area (Å²) in [6.07, 6.45) is 1.86. The van der Waals surface area contributed by atoms with Crippen LogP contribution in [0.2, 0.25) is 0 Å². The van der Waals surface area contributed by atoms with Crippen LogP contribution in [0.3, 0.4) is 0 Å². The topological polar surface area (TPSA) is 56.4 Å². The van der Waals surface area contributed by atoms with Gasteiger partial charge >= 0.3 is 0 Å². The highest BCUT2D eigenvalue weighted by atomic mass is 16.5. The molecule has 27 heavy (non-hydrogen) atoms. The standard InChI is InChI=1S/C22H22N2O3/c1-4-26-19-11-7-8-15-12-20(27-21(15)19)14(2)23-22(25)17-13-24(3)18-10-6-5-9-16(17)18/h5-14H,4H2,1-3H3,(H,23,25). The van der Waals surface area contributed by atoms with Crippen molar-refractivity contribution in [3.63, 3.8) is 0 Å². The van der Waals surface area contributed by atoms with E-state index in [1.54, 1.807) is 0 Å². The van der Waals surface area contributed by atoms with E-state index in [-0.39, 0.29) is 11.9 Å². The van der Waals surface area contributed by atoms with Crippen molar-refractivity contribution in [1.29, 1.82) is 0 Å². The van der Waals surface area contributed by atoms with Gasteiger partial charge in [-0.3, -0.25) is 4.79 Å². The molecule has 1 N–H and O–H groups in total. The van der Waals surface area contributed by atoms with E-state index >= 15 is 0 Å². The van der Waals surface area contributed by atoms with Crippen LogP contribution in [0, 0.1) is 0 Å². The first-order valence-electron chi connectivity index (χ1n) is 9.08. The molecule has 5 heteroatoms. The molecule has 0 bridgehead atoms. The molecule has 0 aliphatic rings. The van der Waals surface area contributed by atoms with Crippen molar-refractivity contribution in [1.82, 2.24) is 9.88 Å². The Labute approximate surface area is 157 Å². The smallest absolute Gasteiger partial charge is 0.254 e. The van der Waals surface area contributed by atoms with Gasteiger partial charge in [0.05, 0.1) is 18.2 Å². The third-order valence-electron chi connectivity index (χ3n) is 4.74. The number of nitrogens with zero attached hydrogens (tertiary/aromatic N) is 1. The van der Waals surface area contributed by atoms with Gasteiger partial charge < -0.3 is 19.0 Å². The van der Waals surface area contributed by atoms with Gasteiger partial charge in [-0.05, 0) is 32.0 Å². The maximum Gasteiger partial charge on any atom is 0.254 e. The lowest BCUT2D eigenvalue weighted by Gasteiger charge is -2.11. The van der Waals surface area contributed by atoms with Crippen molar-refractivity contribution >= 4 is 27.8 Å². The number of carbonyl (C=O) groups is 1. The summed E-state index contributed by atoms with van der Waals surface area (Å²) in [5.74, 6) is 1.30. The Morgan fingerprint density at radius 1 is 1.22 bits per heavy atom. The van der Waals surface area contributed by atoms with Crippen LogP contribution in [-0.4, -0.2) is 17.1 Å². The number of hydrogen-bond donors (Lipinski definition) is 1. The predicted molar refractivity (Wildman–Crippen MR) is 106 cm³/mol. The normalized spacial score (nSPS) is 12.4. The van der Waals surface area contributed by atoms with Crippen LogP contribution in [0.15, 0.2) is 59.1 Å².